The molecule has 0 aliphatic heterocycles. The molecule has 0 heterocycles. The highest BCUT2D eigenvalue weighted by Gasteiger charge is 2.35. The number of hydrogen-bond acceptors (Lipinski definition) is 1. The Bertz CT molecular complexity index is 1000. The molecule has 0 aliphatic rings. The van der Waals surface area contributed by atoms with E-state index in [1.54, 1.807) is 0 Å². The minimum Gasteiger partial charge on any atom is -0.478 e. The van der Waals surface area contributed by atoms with Gasteiger partial charge in [0.2, 0.25) is 0 Å². The molecule has 130 valence electrons. The maximum Gasteiger partial charge on any atom is 0.417 e. The van der Waals surface area contributed by atoms with Gasteiger partial charge in [-0.3, -0.25) is 0 Å². The number of aromatic carboxylic acids is 1. The van der Waals surface area contributed by atoms with Crippen molar-refractivity contribution in [3.8, 4) is 0 Å². The van der Waals surface area contributed by atoms with Gasteiger partial charge in [-0.25, -0.2) is 4.79 Å². The van der Waals surface area contributed by atoms with Crippen LogP contribution in [0, 0.1) is 0 Å². The first-order chi connectivity index (χ1) is 11.5. The van der Waals surface area contributed by atoms with Crippen LogP contribution in [0.3, 0.4) is 0 Å². The summed E-state index contributed by atoms with van der Waals surface area (Å²) in [6.45, 7) is 0. The van der Waals surface area contributed by atoms with Crippen LogP contribution >= 0.6 is 0 Å². The predicted octanol–water partition coefficient (Wildman–Crippen LogP) is 5.73. The fraction of sp³-hybridized carbons (Fsp3) is 0.118. The van der Waals surface area contributed by atoms with Gasteiger partial charge in [0.15, 0.2) is 0 Å². The molecule has 0 aliphatic carbocycles. The standard InChI is InChI=1S/C17H8F6O2/c18-16(19,20)9-4-5-10-11(7-9)14-8(6-12(10)15(24)25)2-1-3-13(14)17(21,22)23/h1-7H,(H,24,25). The summed E-state index contributed by atoms with van der Waals surface area (Å²) in [6, 6.07) is 6.18. The van der Waals surface area contributed by atoms with E-state index in [9.17, 15) is 36.2 Å². The predicted molar refractivity (Wildman–Crippen MR) is 78.4 cm³/mol. The Morgan fingerprint density at radius 2 is 1.52 bits per heavy atom. The van der Waals surface area contributed by atoms with Crippen LogP contribution in [0.2, 0.25) is 0 Å². The molecule has 3 aromatic carbocycles. The summed E-state index contributed by atoms with van der Waals surface area (Å²) in [5, 5.41) is 8.11. The van der Waals surface area contributed by atoms with Crippen molar-refractivity contribution >= 4 is 27.5 Å². The van der Waals surface area contributed by atoms with Gasteiger partial charge in [-0.05, 0) is 40.4 Å². The molecule has 8 heteroatoms. The Hall–Kier alpha value is -2.77. The Kier molecular flexibility index (Phi) is 3.66. The zero-order valence-corrected chi connectivity index (χ0v) is 12.2. The summed E-state index contributed by atoms with van der Waals surface area (Å²) in [4.78, 5) is 11.4. The number of carboxylic acid groups (broad SMARTS) is 1. The van der Waals surface area contributed by atoms with E-state index in [-0.39, 0.29) is 16.3 Å². The molecule has 0 spiro atoms. The average Bonchev–Trinajstić information content (AvgIpc) is 2.51. The summed E-state index contributed by atoms with van der Waals surface area (Å²) in [5.74, 6) is -1.44. The van der Waals surface area contributed by atoms with Crippen molar-refractivity contribution in [1.29, 1.82) is 0 Å². The maximum absolute atomic E-state index is 13.3. The number of fused-ring (bicyclic) bond motifs is 3. The fourth-order valence-corrected chi connectivity index (χ4v) is 2.80. The second-order valence-electron chi connectivity index (χ2n) is 5.39. The van der Waals surface area contributed by atoms with E-state index < -0.39 is 40.2 Å². The lowest BCUT2D eigenvalue weighted by molar-refractivity contribution is -0.137. The smallest absolute Gasteiger partial charge is 0.417 e. The lowest BCUT2D eigenvalue weighted by Gasteiger charge is -2.15. The first-order valence-corrected chi connectivity index (χ1v) is 6.87. The monoisotopic (exact) mass is 358 g/mol. The number of halogens is 6. The van der Waals surface area contributed by atoms with Gasteiger partial charge in [0.1, 0.15) is 0 Å². The van der Waals surface area contributed by atoms with Crippen molar-refractivity contribution in [3.05, 3.63) is 59.2 Å². The first-order valence-electron chi connectivity index (χ1n) is 6.87. The van der Waals surface area contributed by atoms with Gasteiger partial charge >= 0.3 is 18.3 Å². The number of rotatable bonds is 1. The van der Waals surface area contributed by atoms with Crippen molar-refractivity contribution in [1.82, 2.24) is 0 Å². The summed E-state index contributed by atoms with van der Waals surface area (Å²) in [5.41, 5.74) is -2.64. The Morgan fingerprint density at radius 1 is 0.840 bits per heavy atom. The zero-order chi connectivity index (χ0) is 18.6. The summed E-state index contributed by atoms with van der Waals surface area (Å²) in [6.07, 6.45) is -9.57. The van der Waals surface area contributed by atoms with Crippen molar-refractivity contribution in [2.24, 2.45) is 0 Å². The van der Waals surface area contributed by atoms with E-state index >= 15 is 0 Å². The van der Waals surface area contributed by atoms with E-state index in [2.05, 4.69) is 0 Å². The van der Waals surface area contributed by atoms with E-state index in [0.29, 0.717) is 12.1 Å². The molecule has 0 unspecified atom stereocenters. The molecule has 2 nitrogen and oxygen atoms in total. The number of carbonyl (C=O) groups is 1. The molecule has 0 fully saturated rings. The number of benzene rings is 3. The van der Waals surface area contributed by atoms with E-state index in [1.807, 2.05) is 0 Å². The second kappa shape index (κ2) is 5.37. The van der Waals surface area contributed by atoms with Crippen LogP contribution in [0.15, 0.2) is 42.5 Å². The van der Waals surface area contributed by atoms with Crippen LogP contribution in [0.25, 0.3) is 21.5 Å². The van der Waals surface area contributed by atoms with Gasteiger partial charge in [0.05, 0.1) is 16.7 Å². The van der Waals surface area contributed by atoms with Crippen LogP contribution in [0.4, 0.5) is 26.3 Å². The largest absolute Gasteiger partial charge is 0.478 e. The van der Waals surface area contributed by atoms with E-state index in [0.717, 1.165) is 24.3 Å². The topological polar surface area (TPSA) is 37.3 Å². The van der Waals surface area contributed by atoms with Crippen molar-refractivity contribution < 1.29 is 36.2 Å². The molecule has 1 N–H and O–H groups in total. The van der Waals surface area contributed by atoms with Gasteiger partial charge in [-0.2, -0.15) is 26.3 Å². The zero-order valence-electron chi connectivity index (χ0n) is 12.2. The highest BCUT2D eigenvalue weighted by Crippen LogP contribution is 2.41. The first kappa shape index (κ1) is 17.1. The number of alkyl halides is 6. The Balaban J connectivity index is 2.57. The maximum atomic E-state index is 13.3. The van der Waals surface area contributed by atoms with Crippen LogP contribution < -0.4 is 0 Å². The highest BCUT2D eigenvalue weighted by atomic mass is 19.4. The third-order valence-corrected chi connectivity index (χ3v) is 3.84. The third kappa shape index (κ3) is 2.88. The molecule has 3 aromatic rings. The second-order valence-corrected chi connectivity index (χ2v) is 5.39. The summed E-state index contributed by atoms with van der Waals surface area (Å²) < 4.78 is 78.8. The highest BCUT2D eigenvalue weighted by molar-refractivity contribution is 6.17. The van der Waals surface area contributed by atoms with Crippen LogP contribution in [-0.4, -0.2) is 11.1 Å². The molecule has 0 saturated heterocycles. The normalized spacial score (nSPS) is 12.7. The average molecular weight is 358 g/mol. The molecule has 0 radical (unpaired) electrons. The van der Waals surface area contributed by atoms with Gasteiger partial charge in [-0.1, -0.05) is 18.2 Å². The molecule has 0 aromatic heterocycles. The van der Waals surface area contributed by atoms with E-state index in [1.165, 1.54) is 6.07 Å². The van der Waals surface area contributed by atoms with Crippen LogP contribution in [0.1, 0.15) is 21.5 Å². The minimum absolute atomic E-state index is 0.0981. The molecule has 0 atom stereocenters. The van der Waals surface area contributed by atoms with Crippen molar-refractivity contribution in [2.75, 3.05) is 0 Å². The summed E-state index contributed by atoms with van der Waals surface area (Å²) in [7, 11) is 0. The van der Waals surface area contributed by atoms with Crippen LogP contribution in [-0.2, 0) is 12.4 Å². The van der Waals surface area contributed by atoms with Gasteiger partial charge < -0.3 is 5.11 Å². The molecular formula is C17H8F6O2. The minimum atomic E-state index is -4.80. The SMILES string of the molecule is O=C(O)c1cc2cccc(C(F)(F)F)c2c2cc(C(F)(F)F)ccc12. The lowest BCUT2D eigenvalue weighted by atomic mass is 9.92. The van der Waals surface area contributed by atoms with Crippen molar-refractivity contribution in [3.63, 3.8) is 0 Å². The summed E-state index contributed by atoms with van der Waals surface area (Å²) >= 11 is 0. The van der Waals surface area contributed by atoms with Gasteiger partial charge in [-0.15, -0.1) is 0 Å². The molecule has 0 bridgehead atoms. The van der Waals surface area contributed by atoms with Gasteiger partial charge in [0, 0.05) is 5.39 Å². The molecule has 0 saturated carbocycles. The third-order valence-electron chi connectivity index (χ3n) is 3.84. The van der Waals surface area contributed by atoms with Crippen molar-refractivity contribution in [2.45, 2.75) is 12.4 Å². The molecule has 0 amide bonds. The van der Waals surface area contributed by atoms with E-state index in [4.69, 9.17) is 0 Å². The quantitative estimate of drug-likeness (QED) is 0.446. The van der Waals surface area contributed by atoms with Gasteiger partial charge in [0.25, 0.3) is 0 Å². The Labute approximate surface area is 136 Å². The lowest BCUT2D eigenvalue weighted by Crippen LogP contribution is -2.08. The molecule has 25 heavy (non-hydrogen) atoms. The fourth-order valence-electron chi connectivity index (χ4n) is 2.80. The molecular weight excluding hydrogens is 350 g/mol. The number of hydrogen-bond donors (Lipinski definition) is 1. The van der Waals surface area contributed by atoms with Crippen LogP contribution in [0.5, 0.6) is 0 Å². The molecule has 3 rings (SSSR count). The Morgan fingerprint density at radius 3 is 2.08 bits per heavy atom. The number of carboxylic acids is 1.